The first-order chi connectivity index (χ1) is 31.3. The van der Waals surface area contributed by atoms with Gasteiger partial charge in [0.2, 0.25) is 5.88 Å². The first kappa shape index (κ1) is 48.8. The van der Waals surface area contributed by atoms with Crippen LogP contribution in [0.25, 0.3) is 22.3 Å². The van der Waals surface area contributed by atoms with Crippen molar-refractivity contribution in [1.82, 2.24) is 26.3 Å². The lowest BCUT2D eigenvalue weighted by atomic mass is 9.98. The number of nitrogens with zero attached hydrogens (tertiary/aromatic N) is 1. The molecule has 8 rings (SSSR count). The largest absolute Gasteiger partial charge is 0.474 e. The third-order valence-corrected chi connectivity index (χ3v) is 10.3. The predicted molar refractivity (Wildman–Crippen MR) is 241 cm³/mol. The van der Waals surface area contributed by atoms with Crippen LogP contribution in [-0.4, -0.2) is 75.7 Å². The Balaban J connectivity index is 0.000000244. The van der Waals surface area contributed by atoms with Crippen molar-refractivity contribution >= 4 is 59.5 Å². The predicted octanol–water partition coefficient (Wildman–Crippen LogP) is 5.99. The number of amides is 6. The van der Waals surface area contributed by atoms with E-state index in [0.29, 0.717) is 0 Å². The molecule has 0 saturated heterocycles. The smallest absolute Gasteiger partial charge is 0.426 e. The Morgan fingerprint density at radius 1 is 0.522 bits per heavy atom. The molecule has 6 amide bonds. The summed E-state index contributed by atoms with van der Waals surface area (Å²) in [5.41, 5.74) is 17.4. The average Bonchev–Trinajstić information content (AvgIpc) is 4.09. The molecular weight excluding hydrogens is 871 g/mol. The van der Waals surface area contributed by atoms with Gasteiger partial charge in [0, 0.05) is 24.9 Å². The number of carbonyl (C=O) groups is 8. The molecule has 0 spiro atoms. The number of aliphatic carboxylic acids is 2. The molecule has 0 fully saturated rings. The second kappa shape index (κ2) is 21.5. The van der Waals surface area contributed by atoms with Crippen LogP contribution in [0.2, 0.25) is 0 Å². The number of ether oxygens (including phenoxy) is 2. The molecule has 20 nitrogen and oxygen atoms in total. The van der Waals surface area contributed by atoms with Gasteiger partial charge in [-0.15, -0.1) is 0 Å². The van der Waals surface area contributed by atoms with Crippen LogP contribution in [0.5, 0.6) is 0 Å². The van der Waals surface area contributed by atoms with Crippen LogP contribution in [0.3, 0.4) is 0 Å². The lowest BCUT2D eigenvalue weighted by molar-refractivity contribution is -0.147. The highest BCUT2D eigenvalue weighted by Crippen LogP contribution is 2.45. The molecule has 67 heavy (non-hydrogen) atoms. The summed E-state index contributed by atoms with van der Waals surface area (Å²) in [4.78, 5) is 92.3. The molecule has 0 unspecified atom stereocenters. The molecule has 8 N–H and O–H groups in total. The van der Waals surface area contributed by atoms with Gasteiger partial charge >= 0.3 is 41.8 Å². The van der Waals surface area contributed by atoms with Gasteiger partial charge in [-0.05, 0) is 62.7 Å². The van der Waals surface area contributed by atoms with E-state index in [1.807, 2.05) is 102 Å². The van der Waals surface area contributed by atoms with Gasteiger partial charge in [-0.3, -0.25) is 35.3 Å². The first-order valence-electron chi connectivity index (χ1n) is 19.5. The van der Waals surface area contributed by atoms with Crippen molar-refractivity contribution in [2.24, 2.45) is 7.05 Å². The lowest BCUT2D eigenvalue weighted by Crippen LogP contribution is -2.42. The summed E-state index contributed by atoms with van der Waals surface area (Å²) in [6.07, 6.45) is -1.70. The van der Waals surface area contributed by atoms with Gasteiger partial charge in [0.1, 0.15) is 24.7 Å². The summed E-state index contributed by atoms with van der Waals surface area (Å²) in [6.45, 7) is 0.160. The van der Waals surface area contributed by atoms with Crippen LogP contribution >= 0.6 is 0 Å². The summed E-state index contributed by atoms with van der Waals surface area (Å²) >= 11 is 0. The molecule has 0 aliphatic heterocycles. The van der Waals surface area contributed by atoms with Crippen molar-refractivity contribution < 1.29 is 62.5 Å². The van der Waals surface area contributed by atoms with Crippen molar-refractivity contribution in [3.05, 3.63) is 155 Å². The zero-order chi connectivity index (χ0) is 46.2. The van der Waals surface area contributed by atoms with Gasteiger partial charge in [0.05, 0.1) is 0 Å². The fourth-order valence-corrected chi connectivity index (χ4v) is 7.34. The second-order valence-electron chi connectivity index (χ2n) is 14.2. The van der Waals surface area contributed by atoms with E-state index in [-0.39, 0.29) is 63.1 Å². The van der Waals surface area contributed by atoms with E-state index in [2.05, 4.69) is 27.0 Å². The number of anilines is 2. The fraction of sp³-hybridized carbons (Fsp3) is 0.149. The van der Waals surface area contributed by atoms with E-state index in [4.69, 9.17) is 24.1 Å². The number of carboxylic acid groups (broad SMARTS) is 2. The monoisotopic (exact) mass is 915 g/mol. The molecule has 2 aliphatic carbocycles. The zero-order valence-electron chi connectivity index (χ0n) is 33.9. The Morgan fingerprint density at radius 3 is 1.36 bits per heavy atom. The maximum absolute atomic E-state index is 12.4. The van der Waals surface area contributed by atoms with Gasteiger partial charge in [0.25, 0.3) is 5.91 Å². The number of hydrogen-bond acceptors (Lipinski definition) is 11. The fourth-order valence-electron chi connectivity index (χ4n) is 7.34. The van der Waals surface area contributed by atoms with Crippen molar-refractivity contribution in [2.45, 2.75) is 26.7 Å². The van der Waals surface area contributed by atoms with Crippen LogP contribution in [0.4, 0.5) is 21.3 Å². The Bertz CT molecular complexity index is 2780. The number of carboxylic acids is 2. The molecule has 2 aromatic heterocycles. The number of nitrogens with one attached hydrogen (secondary N) is 6. The number of fused-ring (bicyclic) bond motifs is 6. The first-order valence-corrected chi connectivity index (χ1v) is 19.5. The topological polar surface area (TPSA) is 286 Å². The molecule has 0 radical (unpaired) electrons. The molecule has 4 aromatic carbocycles. The Kier molecular flexibility index (Phi) is 15.6. The maximum atomic E-state index is 12.4. The molecule has 0 bridgehead atoms. The van der Waals surface area contributed by atoms with Crippen LogP contribution in [-0.2, 0) is 35.7 Å². The van der Waals surface area contributed by atoms with Crippen molar-refractivity contribution in [3.63, 3.8) is 0 Å². The van der Waals surface area contributed by atoms with Gasteiger partial charge in [-0.1, -0.05) is 112 Å². The third-order valence-electron chi connectivity index (χ3n) is 10.3. The van der Waals surface area contributed by atoms with Crippen LogP contribution < -0.4 is 32.3 Å². The molecule has 0 atom stereocenters. The van der Waals surface area contributed by atoms with Crippen molar-refractivity contribution in [3.8, 4) is 22.3 Å². The van der Waals surface area contributed by atoms with E-state index in [0.717, 1.165) is 44.5 Å². The number of aromatic nitrogens is 1. The normalized spacial score (nSPS) is 11.4. The Hall–Kier alpha value is -9.20. The lowest BCUT2D eigenvalue weighted by Gasteiger charge is -2.15. The summed E-state index contributed by atoms with van der Waals surface area (Å²) in [6, 6.07) is 36.7. The van der Waals surface area contributed by atoms with E-state index < -0.39 is 47.8 Å². The van der Waals surface area contributed by atoms with Crippen LogP contribution in [0.1, 0.15) is 70.0 Å². The number of hydrazine groups is 2. The Labute approximate surface area is 382 Å². The number of rotatable bonds is 8. The minimum absolute atomic E-state index is 0. The maximum Gasteiger partial charge on any atom is 0.426 e. The van der Waals surface area contributed by atoms with E-state index in [9.17, 15) is 38.4 Å². The van der Waals surface area contributed by atoms with E-state index in [1.54, 1.807) is 0 Å². The van der Waals surface area contributed by atoms with E-state index in [1.165, 1.54) is 35.9 Å². The van der Waals surface area contributed by atoms with Gasteiger partial charge in [-0.2, -0.15) is 0 Å². The van der Waals surface area contributed by atoms with Gasteiger partial charge < -0.3 is 34.0 Å². The third kappa shape index (κ3) is 11.0. The molecule has 2 heterocycles. The number of hydrogen-bond donors (Lipinski definition) is 8. The summed E-state index contributed by atoms with van der Waals surface area (Å²) < 4.78 is 16.9. The van der Waals surface area contributed by atoms with Crippen molar-refractivity contribution in [1.29, 1.82) is 0 Å². The average molecular weight is 916 g/mol. The van der Waals surface area contributed by atoms with Crippen molar-refractivity contribution in [2.75, 3.05) is 23.8 Å². The number of furan rings is 1. The summed E-state index contributed by atoms with van der Waals surface area (Å²) in [5, 5.41) is 21.3. The summed E-state index contributed by atoms with van der Waals surface area (Å²) in [7, 11) is 1.46. The molecule has 6 aromatic rings. The van der Waals surface area contributed by atoms with Gasteiger partial charge in [-0.25, -0.2) is 30.0 Å². The standard InChI is InChI=1S/C23H20N4O6.C22H17N3O7.2CH4/c1-27-18(10-11-19(27)24-21(29)22(30)31)20(28)25-26-23(32)33-12-17-15-8-4-2-6-13(15)14-7-3-5-9-16(14)17;26-19(17-9-10-18(32-17)23-20(27)21(28)29)24-25-22(30)31-11-16-14-7-3-1-5-12(14)13-6-2-4-8-15(13)16;;/h2-11,17H,12H2,1H3,(H,24,29)(H,25,28)(H,26,32)(H,30,31);1-10,16H,11H2,(H,23,27)(H,24,26)(H,25,30)(H,28,29);2*1H4. The highest BCUT2D eigenvalue weighted by molar-refractivity contribution is 6.36. The number of benzene rings is 4. The highest BCUT2D eigenvalue weighted by atomic mass is 16.6. The van der Waals surface area contributed by atoms with Crippen LogP contribution in [0, 0.1) is 0 Å². The van der Waals surface area contributed by atoms with Crippen LogP contribution in [0.15, 0.2) is 126 Å². The quantitative estimate of drug-likeness (QED) is 0.0644. The molecule has 0 saturated carbocycles. The second-order valence-corrected chi connectivity index (χ2v) is 14.2. The minimum Gasteiger partial charge on any atom is -0.474 e. The molecule has 2 aliphatic rings. The molecule has 346 valence electrons. The number of carbonyl (C=O) groups excluding carboxylic acids is 6. The minimum atomic E-state index is -1.70. The summed E-state index contributed by atoms with van der Waals surface area (Å²) in [5.74, 6) is -8.05. The zero-order valence-corrected chi connectivity index (χ0v) is 33.9. The molecule has 20 heteroatoms. The highest BCUT2D eigenvalue weighted by Gasteiger charge is 2.31. The van der Waals surface area contributed by atoms with E-state index >= 15 is 0 Å². The Morgan fingerprint density at radius 2 is 0.925 bits per heavy atom. The molecular formula is C47H45N7O13. The SMILES string of the molecule is C.C.Cn1c(NC(=O)C(=O)O)ccc1C(=O)NNC(=O)OCC1c2ccccc2-c2ccccc21.O=C(NNC(=O)c1ccc(NC(=O)C(=O)O)o1)OCC1c2ccccc2-c2ccccc21. The van der Waals surface area contributed by atoms with Gasteiger partial charge in [0.15, 0.2) is 5.76 Å².